The van der Waals surface area contributed by atoms with Crippen LogP contribution in [0.15, 0.2) is 18.2 Å². The first kappa shape index (κ1) is 33.7. The van der Waals surface area contributed by atoms with Crippen molar-refractivity contribution in [3.63, 3.8) is 0 Å². The minimum Gasteiger partial charge on any atom is -0.486 e. The smallest absolute Gasteiger partial charge is 0.333 e. The van der Waals surface area contributed by atoms with E-state index in [1.807, 2.05) is 39.1 Å². The van der Waals surface area contributed by atoms with Crippen molar-refractivity contribution in [2.45, 2.75) is 78.2 Å². The minimum atomic E-state index is -1.36. The molecule has 0 aromatic heterocycles. The Morgan fingerprint density at radius 1 is 1.00 bits per heavy atom. The van der Waals surface area contributed by atoms with Gasteiger partial charge in [0.1, 0.15) is 25.6 Å². The predicted octanol–water partition coefficient (Wildman–Crippen LogP) is 6.29. The lowest BCUT2D eigenvalue weighted by molar-refractivity contribution is -0.107. The van der Waals surface area contributed by atoms with E-state index >= 15 is 0 Å². The van der Waals surface area contributed by atoms with Crippen LogP contribution in [0.2, 0.25) is 0 Å². The van der Waals surface area contributed by atoms with Gasteiger partial charge in [-0.1, -0.05) is 38.7 Å². The molecule has 2 aliphatic rings. The van der Waals surface area contributed by atoms with Crippen LogP contribution in [0, 0.1) is 0 Å². The van der Waals surface area contributed by atoms with E-state index in [4.69, 9.17) is 23.0 Å². The van der Waals surface area contributed by atoms with Crippen LogP contribution in [0.25, 0.3) is 0 Å². The van der Waals surface area contributed by atoms with Crippen molar-refractivity contribution >= 4 is 14.9 Å². The number of fused-ring (bicyclic) bond motifs is 1. The molecule has 0 spiro atoms. The summed E-state index contributed by atoms with van der Waals surface area (Å²) in [4.78, 5) is 12.2. The summed E-state index contributed by atoms with van der Waals surface area (Å²) in [5.41, 5.74) is 1.01. The van der Waals surface area contributed by atoms with Gasteiger partial charge < -0.3 is 38.1 Å². The molecule has 1 unspecified atom stereocenters. The first-order valence-corrected chi connectivity index (χ1v) is 15.1. The molecule has 1 fully saturated rings. The second-order valence-corrected chi connectivity index (χ2v) is 10.2. The summed E-state index contributed by atoms with van der Waals surface area (Å²) in [6.07, 6.45) is 10.6. The lowest BCUT2D eigenvalue weighted by Crippen LogP contribution is -2.20. The van der Waals surface area contributed by atoms with Crippen molar-refractivity contribution in [1.82, 2.24) is 10.2 Å². The standard InChI is InChI=1S/C15H24NO5P.C8H16O.C5H11N/c1-4-19-22(20-5-2)21-15(11-16-3)12-6-7-13-14(10-12)18-9-8-17-13;1-2-3-4-5-6-7-8-9;1-6-4-2-3-5-6/h6-7,10,15-16H,4-5,8-9,11H2,1-3H3;8H,2-7H2,1H3;2-5H2,1H3. The number of rotatable bonds is 15. The number of benzene rings is 1. The molecule has 1 atom stereocenters. The molecule has 9 heteroatoms. The number of carbonyl (C=O) groups excluding carboxylic acids is 1. The topological polar surface area (TPSA) is 78.5 Å². The number of hydrogen-bond donors (Lipinski definition) is 1. The summed E-state index contributed by atoms with van der Waals surface area (Å²) in [5.74, 6) is 1.53. The monoisotopic (exact) mass is 542 g/mol. The van der Waals surface area contributed by atoms with Crippen molar-refractivity contribution in [2.75, 3.05) is 60.2 Å². The summed E-state index contributed by atoms with van der Waals surface area (Å²) in [6, 6.07) is 5.86. The molecule has 2 aliphatic heterocycles. The number of unbranched alkanes of at least 4 members (excludes halogenated alkanes) is 5. The normalized spacial score (nSPS) is 15.4. The van der Waals surface area contributed by atoms with Crippen LogP contribution < -0.4 is 14.8 Å². The molecule has 0 aliphatic carbocycles. The van der Waals surface area contributed by atoms with Crippen LogP contribution in [0.1, 0.15) is 83.8 Å². The third-order valence-electron chi connectivity index (χ3n) is 5.77. The molecule has 0 bridgehead atoms. The maximum Gasteiger partial charge on any atom is 0.333 e. The highest BCUT2D eigenvalue weighted by atomic mass is 31.2. The number of likely N-dealkylation sites (N-methyl/N-ethyl adjacent to an activating group) is 1. The summed E-state index contributed by atoms with van der Waals surface area (Å²) in [5, 5.41) is 3.14. The van der Waals surface area contributed by atoms with Gasteiger partial charge in [0.2, 0.25) is 0 Å². The van der Waals surface area contributed by atoms with Gasteiger partial charge >= 0.3 is 8.60 Å². The molecule has 1 aromatic rings. The van der Waals surface area contributed by atoms with Gasteiger partial charge in [-0.05, 0) is 78.0 Å². The molecule has 37 heavy (non-hydrogen) atoms. The molecular formula is C28H51N2O6P. The summed E-state index contributed by atoms with van der Waals surface area (Å²) in [7, 11) is 2.70. The molecule has 1 saturated heterocycles. The Hall–Kier alpha value is -1.28. The van der Waals surface area contributed by atoms with Crippen molar-refractivity contribution in [2.24, 2.45) is 0 Å². The Balaban J connectivity index is 0.000000372. The average Bonchev–Trinajstić information content (AvgIpc) is 3.40. The maximum absolute atomic E-state index is 9.84. The van der Waals surface area contributed by atoms with E-state index in [2.05, 4.69) is 24.2 Å². The van der Waals surface area contributed by atoms with Crippen molar-refractivity contribution in [3.8, 4) is 11.5 Å². The number of carbonyl (C=O) groups is 1. The molecule has 1 aromatic carbocycles. The first-order valence-electron chi connectivity index (χ1n) is 14.0. The Morgan fingerprint density at radius 2 is 1.65 bits per heavy atom. The third kappa shape index (κ3) is 15.7. The predicted molar refractivity (Wildman–Crippen MR) is 152 cm³/mol. The van der Waals surface area contributed by atoms with Gasteiger partial charge in [0.15, 0.2) is 11.5 Å². The zero-order valence-electron chi connectivity index (χ0n) is 23.8. The zero-order valence-corrected chi connectivity index (χ0v) is 24.7. The summed E-state index contributed by atoms with van der Waals surface area (Å²) >= 11 is 0. The first-order chi connectivity index (χ1) is 18.1. The van der Waals surface area contributed by atoms with Crippen LogP contribution in [0.3, 0.4) is 0 Å². The summed E-state index contributed by atoms with van der Waals surface area (Å²) < 4.78 is 28.3. The highest BCUT2D eigenvalue weighted by Crippen LogP contribution is 2.45. The minimum absolute atomic E-state index is 0.176. The fourth-order valence-electron chi connectivity index (χ4n) is 3.78. The van der Waals surface area contributed by atoms with Crippen molar-refractivity contribution in [1.29, 1.82) is 0 Å². The van der Waals surface area contributed by atoms with Crippen LogP contribution in [0.4, 0.5) is 0 Å². The molecule has 0 amide bonds. The Bertz CT molecular complexity index is 685. The molecule has 8 nitrogen and oxygen atoms in total. The fraction of sp³-hybridized carbons (Fsp3) is 0.750. The van der Waals surface area contributed by atoms with Crippen LogP contribution >= 0.6 is 8.60 Å². The van der Waals surface area contributed by atoms with E-state index in [-0.39, 0.29) is 6.10 Å². The Labute approximate surface area is 226 Å². The second kappa shape index (κ2) is 22.7. The maximum atomic E-state index is 9.84. The highest BCUT2D eigenvalue weighted by Gasteiger charge is 2.22. The lowest BCUT2D eigenvalue weighted by atomic mass is 10.1. The van der Waals surface area contributed by atoms with E-state index in [0.717, 1.165) is 36.2 Å². The zero-order chi connectivity index (χ0) is 27.1. The quantitative estimate of drug-likeness (QED) is 0.157. The van der Waals surface area contributed by atoms with E-state index in [1.54, 1.807) is 0 Å². The Kier molecular flexibility index (Phi) is 20.7. The lowest BCUT2D eigenvalue weighted by Gasteiger charge is -2.24. The van der Waals surface area contributed by atoms with E-state index in [0.29, 0.717) is 33.0 Å². The van der Waals surface area contributed by atoms with E-state index in [9.17, 15) is 4.79 Å². The van der Waals surface area contributed by atoms with Gasteiger partial charge in [-0.2, -0.15) is 0 Å². The van der Waals surface area contributed by atoms with Gasteiger partial charge in [0.25, 0.3) is 0 Å². The third-order valence-corrected chi connectivity index (χ3v) is 7.13. The largest absolute Gasteiger partial charge is 0.486 e. The number of hydrogen-bond acceptors (Lipinski definition) is 8. The molecule has 1 N–H and O–H groups in total. The molecule has 3 rings (SSSR count). The number of nitrogens with zero attached hydrogens (tertiary/aromatic N) is 1. The molecule has 2 heterocycles. The average molecular weight is 543 g/mol. The van der Waals surface area contributed by atoms with Gasteiger partial charge in [-0.3, -0.25) is 0 Å². The van der Waals surface area contributed by atoms with Gasteiger partial charge in [0.05, 0.1) is 13.2 Å². The highest BCUT2D eigenvalue weighted by molar-refractivity contribution is 7.41. The SMILES string of the molecule is CCCCCCCC=O.CCOP(OCC)OC(CNC)c1ccc2c(c1)OCCO2.CN1CCCC1. The van der Waals surface area contributed by atoms with E-state index in [1.165, 1.54) is 51.6 Å². The second-order valence-electron chi connectivity index (χ2n) is 8.99. The Morgan fingerprint density at radius 3 is 2.19 bits per heavy atom. The fourth-order valence-corrected chi connectivity index (χ4v) is 4.80. The summed E-state index contributed by atoms with van der Waals surface area (Å²) in [6.45, 7) is 11.6. The van der Waals surface area contributed by atoms with Gasteiger partial charge in [-0.25, -0.2) is 0 Å². The van der Waals surface area contributed by atoms with Crippen LogP contribution in [-0.2, 0) is 18.4 Å². The number of likely N-dealkylation sites (tertiary alicyclic amines) is 1. The molecular weight excluding hydrogens is 491 g/mol. The number of nitrogens with one attached hydrogen (secondary N) is 1. The number of ether oxygens (including phenoxy) is 2. The van der Waals surface area contributed by atoms with Crippen LogP contribution in [-0.4, -0.2) is 71.3 Å². The number of aldehydes is 1. The van der Waals surface area contributed by atoms with Gasteiger partial charge in [0, 0.05) is 13.0 Å². The molecule has 214 valence electrons. The van der Waals surface area contributed by atoms with E-state index < -0.39 is 8.60 Å². The van der Waals surface area contributed by atoms with Crippen LogP contribution in [0.5, 0.6) is 11.5 Å². The molecule has 0 saturated carbocycles. The van der Waals surface area contributed by atoms with Crippen molar-refractivity contribution < 1.29 is 27.8 Å². The molecule has 0 radical (unpaired) electrons. The van der Waals surface area contributed by atoms with Crippen molar-refractivity contribution in [3.05, 3.63) is 23.8 Å². The van der Waals surface area contributed by atoms with Gasteiger partial charge in [-0.15, -0.1) is 0 Å².